The number of aromatic nitrogens is 4. The van der Waals surface area contributed by atoms with Crippen LogP contribution in [0.1, 0.15) is 11.8 Å². The molecule has 27 heavy (non-hydrogen) atoms. The fourth-order valence-corrected chi connectivity index (χ4v) is 5.88. The Kier molecular flexibility index (Phi) is 4.94. The van der Waals surface area contributed by atoms with E-state index in [0.29, 0.717) is 36.2 Å². The molecule has 1 aliphatic rings. The Morgan fingerprint density at radius 2 is 1.89 bits per heavy atom. The van der Waals surface area contributed by atoms with Gasteiger partial charge in [-0.3, -0.25) is 0 Å². The van der Waals surface area contributed by atoms with Crippen LogP contribution in [-0.4, -0.2) is 58.7 Å². The number of thiophene rings is 1. The van der Waals surface area contributed by atoms with Crippen molar-refractivity contribution in [2.75, 3.05) is 31.1 Å². The zero-order valence-corrected chi connectivity index (χ0v) is 16.5. The third-order valence-corrected chi connectivity index (χ3v) is 8.12. The monoisotopic (exact) mass is 404 g/mol. The van der Waals surface area contributed by atoms with E-state index >= 15 is 0 Å². The highest BCUT2D eigenvalue weighted by atomic mass is 32.2. The van der Waals surface area contributed by atoms with E-state index in [1.165, 1.54) is 17.7 Å². The Balaban J connectivity index is 1.47. The summed E-state index contributed by atoms with van der Waals surface area (Å²) in [4.78, 5) is 11.7. The van der Waals surface area contributed by atoms with Crippen LogP contribution in [0.3, 0.4) is 0 Å². The minimum atomic E-state index is -3.42. The standard InChI is InChI=1S/C17H20N6O2S2/c1-2-14-4-5-17(26-14)27(24,25)22-10-8-21(9-11-22)15-12-16(19-13-18-15)23-7-3-6-20-23/h3-7,12-13H,2,8-11H2,1H3. The van der Waals surface area contributed by atoms with Gasteiger partial charge in [-0.15, -0.1) is 11.3 Å². The van der Waals surface area contributed by atoms with Gasteiger partial charge in [-0.1, -0.05) is 6.92 Å². The zero-order valence-electron chi connectivity index (χ0n) is 14.9. The predicted molar refractivity (Wildman–Crippen MR) is 104 cm³/mol. The molecule has 0 spiro atoms. The number of rotatable bonds is 5. The molecule has 0 saturated carbocycles. The Bertz CT molecular complexity index is 1010. The SMILES string of the molecule is CCc1ccc(S(=O)(=O)N2CCN(c3cc(-n4cccn4)ncn3)CC2)s1. The van der Waals surface area contributed by atoms with Crippen LogP contribution < -0.4 is 4.90 Å². The van der Waals surface area contributed by atoms with Crippen LogP contribution in [0.2, 0.25) is 0 Å². The zero-order chi connectivity index (χ0) is 18.9. The average Bonchev–Trinajstić information content (AvgIpc) is 3.40. The summed E-state index contributed by atoms with van der Waals surface area (Å²) in [6.07, 6.45) is 5.87. The van der Waals surface area contributed by atoms with Crippen LogP contribution in [-0.2, 0) is 16.4 Å². The van der Waals surface area contributed by atoms with E-state index in [2.05, 4.69) is 20.0 Å². The van der Waals surface area contributed by atoms with E-state index in [4.69, 9.17) is 0 Å². The molecule has 0 amide bonds. The first-order valence-corrected chi connectivity index (χ1v) is 11.0. The Morgan fingerprint density at radius 3 is 2.56 bits per heavy atom. The van der Waals surface area contributed by atoms with Crippen molar-refractivity contribution in [3.63, 3.8) is 0 Å². The van der Waals surface area contributed by atoms with E-state index in [-0.39, 0.29) is 0 Å². The molecule has 3 aromatic heterocycles. The van der Waals surface area contributed by atoms with Crippen molar-refractivity contribution < 1.29 is 8.42 Å². The maximum Gasteiger partial charge on any atom is 0.252 e. The fraction of sp³-hybridized carbons (Fsp3) is 0.353. The van der Waals surface area contributed by atoms with Gasteiger partial charge in [0.2, 0.25) is 0 Å². The van der Waals surface area contributed by atoms with Gasteiger partial charge in [-0.2, -0.15) is 9.40 Å². The number of hydrogen-bond donors (Lipinski definition) is 0. The van der Waals surface area contributed by atoms with Gasteiger partial charge >= 0.3 is 0 Å². The van der Waals surface area contributed by atoms with Gasteiger partial charge < -0.3 is 4.90 Å². The van der Waals surface area contributed by atoms with Gasteiger partial charge in [0, 0.05) is 49.5 Å². The number of hydrogen-bond acceptors (Lipinski definition) is 7. The van der Waals surface area contributed by atoms with Crippen molar-refractivity contribution in [1.29, 1.82) is 0 Å². The molecule has 0 aliphatic carbocycles. The molecule has 1 saturated heterocycles. The summed E-state index contributed by atoms with van der Waals surface area (Å²) < 4.78 is 29.4. The molecule has 4 rings (SSSR count). The van der Waals surface area contributed by atoms with E-state index < -0.39 is 10.0 Å². The van der Waals surface area contributed by atoms with Gasteiger partial charge in [0.05, 0.1) is 0 Å². The highest BCUT2D eigenvalue weighted by Crippen LogP contribution is 2.26. The molecule has 142 valence electrons. The Morgan fingerprint density at radius 1 is 1.11 bits per heavy atom. The van der Waals surface area contributed by atoms with Crippen LogP contribution in [0.5, 0.6) is 0 Å². The number of aryl methyl sites for hydroxylation is 1. The molecule has 0 unspecified atom stereocenters. The maximum atomic E-state index is 12.8. The lowest BCUT2D eigenvalue weighted by molar-refractivity contribution is 0.384. The Hall–Kier alpha value is -2.30. The molecule has 4 heterocycles. The molecule has 0 atom stereocenters. The van der Waals surface area contributed by atoms with E-state index in [9.17, 15) is 8.42 Å². The summed E-state index contributed by atoms with van der Waals surface area (Å²) in [7, 11) is -3.42. The van der Waals surface area contributed by atoms with Gasteiger partial charge in [-0.05, 0) is 24.6 Å². The summed E-state index contributed by atoms with van der Waals surface area (Å²) in [5, 5.41) is 4.18. The van der Waals surface area contributed by atoms with E-state index in [1.54, 1.807) is 21.3 Å². The Labute approximate surface area is 162 Å². The van der Waals surface area contributed by atoms with E-state index in [0.717, 1.165) is 17.1 Å². The second-order valence-corrected chi connectivity index (χ2v) is 9.48. The lowest BCUT2D eigenvalue weighted by Gasteiger charge is -2.34. The first-order chi connectivity index (χ1) is 13.1. The average molecular weight is 405 g/mol. The number of piperazine rings is 1. The van der Waals surface area contributed by atoms with Gasteiger partial charge in [0.1, 0.15) is 16.4 Å². The van der Waals surface area contributed by atoms with Crippen LogP contribution in [0, 0.1) is 0 Å². The highest BCUT2D eigenvalue weighted by molar-refractivity contribution is 7.91. The molecular weight excluding hydrogens is 384 g/mol. The predicted octanol–water partition coefficient (Wildman–Crippen LogP) is 1.80. The first-order valence-electron chi connectivity index (χ1n) is 8.74. The lowest BCUT2D eigenvalue weighted by Crippen LogP contribution is -2.48. The molecule has 1 fully saturated rings. The number of anilines is 1. The fourth-order valence-electron chi connectivity index (χ4n) is 3.01. The van der Waals surface area contributed by atoms with Gasteiger partial charge in [0.15, 0.2) is 5.82 Å². The first kappa shape index (κ1) is 18.1. The van der Waals surface area contributed by atoms with Crippen molar-refractivity contribution in [1.82, 2.24) is 24.1 Å². The molecule has 0 bridgehead atoms. The molecular formula is C17H20N6O2S2. The second kappa shape index (κ2) is 7.37. The summed E-state index contributed by atoms with van der Waals surface area (Å²) in [5.74, 6) is 1.46. The minimum Gasteiger partial charge on any atom is -0.354 e. The molecule has 0 aromatic carbocycles. The quantitative estimate of drug-likeness (QED) is 0.645. The van der Waals surface area contributed by atoms with Gasteiger partial charge in [-0.25, -0.2) is 23.1 Å². The highest BCUT2D eigenvalue weighted by Gasteiger charge is 2.30. The summed E-state index contributed by atoms with van der Waals surface area (Å²) in [6.45, 7) is 4.06. The van der Waals surface area contributed by atoms with Crippen LogP contribution in [0.25, 0.3) is 5.82 Å². The van der Waals surface area contributed by atoms with Crippen molar-refractivity contribution in [3.05, 3.63) is 47.9 Å². The molecule has 0 N–H and O–H groups in total. The molecule has 1 aliphatic heterocycles. The van der Waals surface area contributed by atoms with Crippen LogP contribution in [0.4, 0.5) is 5.82 Å². The molecule has 3 aromatic rings. The topological polar surface area (TPSA) is 84.2 Å². The summed E-state index contributed by atoms with van der Waals surface area (Å²) >= 11 is 1.36. The minimum absolute atomic E-state index is 0.427. The van der Waals surface area contributed by atoms with E-state index in [1.807, 2.05) is 31.3 Å². The van der Waals surface area contributed by atoms with Crippen molar-refractivity contribution >= 4 is 27.2 Å². The third kappa shape index (κ3) is 3.60. The summed E-state index contributed by atoms with van der Waals surface area (Å²) in [5.41, 5.74) is 0. The lowest BCUT2D eigenvalue weighted by atomic mass is 10.3. The third-order valence-electron chi connectivity index (χ3n) is 4.52. The molecule has 8 nitrogen and oxygen atoms in total. The second-order valence-electron chi connectivity index (χ2n) is 6.15. The van der Waals surface area contributed by atoms with Gasteiger partial charge in [0.25, 0.3) is 10.0 Å². The smallest absolute Gasteiger partial charge is 0.252 e. The number of sulfonamides is 1. The van der Waals surface area contributed by atoms with Crippen molar-refractivity contribution in [2.24, 2.45) is 0 Å². The number of nitrogens with zero attached hydrogens (tertiary/aromatic N) is 6. The largest absolute Gasteiger partial charge is 0.354 e. The molecule has 10 heteroatoms. The molecule has 0 radical (unpaired) electrons. The van der Waals surface area contributed by atoms with Crippen LogP contribution >= 0.6 is 11.3 Å². The maximum absolute atomic E-state index is 12.8. The van der Waals surface area contributed by atoms with Crippen LogP contribution in [0.15, 0.2) is 47.2 Å². The van der Waals surface area contributed by atoms with Crippen molar-refractivity contribution in [3.8, 4) is 5.82 Å². The normalized spacial score (nSPS) is 16.0. The summed E-state index contributed by atoms with van der Waals surface area (Å²) in [6, 6.07) is 7.31. The van der Waals surface area contributed by atoms with Crippen molar-refractivity contribution in [2.45, 2.75) is 17.6 Å².